The molecular weight excluding hydrogens is 302 g/mol. The summed E-state index contributed by atoms with van der Waals surface area (Å²) in [5, 5.41) is 2.71. The van der Waals surface area contributed by atoms with Gasteiger partial charge in [0.05, 0.1) is 6.61 Å². The Kier molecular flexibility index (Phi) is 6.23. The van der Waals surface area contributed by atoms with E-state index in [9.17, 15) is 9.59 Å². The number of amides is 2. The minimum Gasteiger partial charge on any atom is -0.383 e. The van der Waals surface area contributed by atoms with Crippen molar-refractivity contribution >= 4 is 29.3 Å². The molecule has 1 atom stereocenters. The summed E-state index contributed by atoms with van der Waals surface area (Å²) in [7, 11) is 1.49. The number of hydrogen-bond acceptors (Lipinski definition) is 5. The Morgan fingerprint density at radius 2 is 2.14 bits per heavy atom. The molecular formula is C15H21N3O3S. The van der Waals surface area contributed by atoms with Gasteiger partial charge in [0.2, 0.25) is 5.91 Å². The highest BCUT2D eigenvalue weighted by atomic mass is 32.2. The maximum atomic E-state index is 12.4. The standard InChI is InChI=1S/C15H21N3O3S/c1-21-10-13(16)14(19)17-12-4-2-3-11(9-12)15(20)18-5-7-22-8-6-18/h2-4,9,13H,5-8,10,16H2,1H3,(H,17,19). The van der Waals surface area contributed by atoms with Gasteiger partial charge in [-0.15, -0.1) is 0 Å². The zero-order valence-electron chi connectivity index (χ0n) is 12.6. The molecule has 1 fully saturated rings. The highest BCUT2D eigenvalue weighted by Crippen LogP contribution is 2.16. The smallest absolute Gasteiger partial charge is 0.253 e. The van der Waals surface area contributed by atoms with E-state index in [2.05, 4.69) is 5.32 Å². The zero-order valence-corrected chi connectivity index (χ0v) is 13.4. The van der Waals surface area contributed by atoms with Crippen molar-refractivity contribution in [2.45, 2.75) is 6.04 Å². The molecule has 1 saturated heterocycles. The van der Waals surface area contributed by atoms with Gasteiger partial charge in [-0.1, -0.05) is 6.07 Å². The van der Waals surface area contributed by atoms with E-state index >= 15 is 0 Å². The first kappa shape index (κ1) is 16.8. The van der Waals surface area contributed by atoms with Crippen molar-refractivity contribution in [3.8, 4) is 0 Å². The Labute approximate surface area is 134 Å². The average Bonchev–Trinajstić information content (AvgIpc) is 2.55. The number of methoxy groups -OCH3 is 1. The number of nitrogens with one attached hydrogen (secondary N) is 1. The van der Waals surface area contributed by atoms with Gasteiger partial charge in [0.25, 0.3) is 5.91 Å². The van der Waals surface area contributed by atoms with Crippen molar-refractivity contribution in [3.63, 3.8) is 0 Å². The molecule has 0 spiro atoms. The highest BCUT2D eigenvalue weighted by molar-refractivity contribution is 7.99. The number of carbonyl (C=O) groups is 2. The fourth-order valence-corrected chi connectivity index (χ4v) is 3.07. The van der Waals surface area contributed by atoms with E-state index in [4.69, 9.17) is 10.5 Å². The third kappa shape index (κ3) is 4.46. The van der Waals surface area contributed by atoms with Crippen LogP contribution in [0.3, 0.4) is 0 Å². The Balaban J connectivity index is 2.03. The van der Waals surface area contributed by atoms with Crippen LogP contribution in [-0.2, 0) is 9.53 Å². The fourth-order valence-electron chi connectivity index (χ4n) is 2.17. The topological polar surface area (TPSA) is 84.7 Å². The van der Waals surface area contributed by atoms with Crippen LogP contribution in [0.25, 0.3) is 0 Å². The third-order valence-corrected chi connectivity index (χ3v) is 4.30. The average molecular weight is 323 g/mol. The molecule has 22 heavy (non-hydrogen) atoms. The van der Waals surface area contributed by atoms with Crippen LogP contribution in [0.2, 0.25) is 0 Å². The SMILES string of the molecule is COCC(N)C(=O)Nc1cccc(C(=O)N2CCSCC2)c1. The molecule has 0 radical (unpaired) electrons. The third-order valence-electron chi connectivity index (χ3n) is 3.36. The molecule has 120 valence electrons. The molecule has 0 aliphatic carbocycles. The van der Waals surface area contributed by atoms with Crippen LogP contribution in [-0.4, -0.2) is 61.1 Å². The number of ether oxygens (including phenoxy) is 1. The Hall–Kier alpha value is -1.57. The maximum Gasteiger partial charge on any atom is 0.253 e. The van der Waals surface area contributed by atoms with Crippen LogP contribution < -0.4 is 11.1 Å². The maximum absolute atomic E-state index is 12.4. The lowest BCUT2D eigenvalue weighted by Gasteiger charge is -2.26. The Morgan fingerprint density at radius 3 is 2.82 bits per heavy atom. The predicted octanol–water partition coefficient (Wildman–Crippen LogP) is 0.788. The number of nitrogens with two attached hydrogens (primary N) is 1. The van der Waals surface area contributed by atoms with Crippen LogP contribution in [0, 0.1) is 0 Å². The molecule has 6 nitrogen and oxygen atoms in total. The first-order chi connectivity index (χ1) is 10.6. The molecule has 3 N–H and O–H groups in total. The Bertz CT molecular complexity index is 533. The summed E-state index contributed by atoms with van der Waals surface area (Å²) in [6, 6.07) is 6.20. The second-order valence-corrected chi connectivity index (χ2v) is 6.26. The van der Waals surface area contributed by atoms with Crippen molar-refractivity contribution in [2.75, 3.05) is 43.6 Å². The van der Waals surface area contributed by atoms with Gasteiger partial charge in [-0.2, -0.15) is 11.8 Å². The fraction of sp³-hybridized carbons (Fsp3) is 0.467. The van der Waals surface area contributed by atoms with Crippen LogP contribution in [0.4, 0.5) is 5.69 Å². The van der Waals surface area contributed by atoms with Crippen molar-refractivity contribution in [2.24, 2.45) is 5.73 Å². The molecule has 7 heteroatoms. The van der Waals surface area contributed by atoms with Gasteiger partial charge in [0.1, 0.15) is 6.04 Å². The van der Waals surface area contributed by atoms with E-state index in [-0.39, 0.29) is 18.4 Å². The molecule has 2 amide bonds. The monoisotopic (exact) mass is 323 g/mol. The summed E-state index contributed by atoms with van der Waals surface area (Å²) in [5.41, 5.74) is 6.81. The molecule has 0 bridgehead atoms. The molecule has 1 aliphatic rings. The summed E-state index contributed by atoms with van der Waals surface area (Å²) in [4.78, 5) is 26.1. The molecule has 1 aliphatic heterocycles. The van der Waals surface area contributed by atoms with E-state index in [0.29, 0.717) is 11.3 Å². The number of benzene rings is 1. The van der Waals surface area contributed by atoms with E-state index < -0.39 is 6.04 Å². The largest absolute Gasteiger partial charge is 0.383 e. The van der Waals surface area contributed by atoms with Gasteiger partial charge in [0, 0.05) is 43.0 Å². The van der Waals surface area contributed by atoms with Crippen LogP contribution in [0.1, 0.15) is 10.4 Å². The number of carbonyl (C=O) groups excluding carboxylic acids is 2. The molecule has 1 heterocycles. The van der Waals surface area contributed by atoms with E-state index in [1.807, 2.05) is 16.7 Å². The predicted molar refractivity (Wildman–Crippen MR) is 88.2 cm³/mol. The van der Waals surface area contributed by atoms with Gasteiger partial charge < -0.3 is 20.7 Å². The van der Waals surface area contributed by atoms with E-state index in [0.717, 1.165) is 24.6 Å². The zero-order chi connectivity index (χ0) is 15.9. The number of hydrogen-bond donors (Lipinski definition) is 2. The van der Waals surface area contributed by atoms with Crippen LogP contribution >= 0.6 is 11.8 Å². The summed E-state index contributed by atoms with van der Waals surface area (Å²) >= 11 is 1.85. The number of anilines is 1. The van der Waals surface area contributed by atoms with Crippen molar-refractivity contribution in [3.05, 3.63) is 29.8 Å². The second kappa shape index (κ2) is 8.17. The molecule has 1 unspecified atom stereocenters. The molecule has 0 aromatic heterocycles. The normalized spacial score (nSPS) is 16.2. The number of rotatable bonds is 5. The van der Waals surface area contributed by atoms with Gasteiger partial charge in [0.15, 0.2) is 0 Å². The molecule has 2 rings (SSSR count). The van der Waals surface area contributed by atoms with Crippen molar-refractivity contribution in [1.29, 1.82) is 0 Å². The second-order valence-electron chi connectivity index (χ2n) is 5.04. The van der Waals surface area contributed by atoms with Gasteiger partial charge in [-0.3, -0.25) is 9.59 Å². The van der Waals surface area contributed by atoms with Gasteiger partial charge in [-0.25, -0.2) is 0 Å². The van der Waals surface area contributed by atoms with E-state index in [1.54, 1.807) is 24.3 Å². The van der Waals surface area contributed by atoms with Crippen LogP contribution in [0.5, 0.6) is 0 Å². The summed E-state index contributed by atoms with van der Waals surface area (Å²) in [5.74, 6) is 1.60. The van der Waals surface area contributed by atoms with Crippen LogP contribution in [0.15, 0.2) is 24.3 Å². The van der Waals surface area contributed by atoms with Gasteiger partial charge >= 0.3 is 0 Å². The molecule has 1 aromatic rings. The molecule has 0 saturated carbocycles. The lowest BCUT2D eigenvalue weighted by molar-refractivity contribution is -0.118. The lowest BCUT2D eigenvalue weighted by atomic mass is 10.1. The summed E-state index contributed by atoms with van der Waals surface area (Å²) in [6.45, 7) is 1.67. The minimum atomic E-state index is -0.733. The van der Waals surface area contributed by atoms with E-state index in [1.165, 1.54) is 7.11 Å². The van der Waals surface area contributed by atoms with Gasteiger partial charge in [-0.05, 0) is 18.2 Å². The minimum absolute atomic E-state index is 0.00223. The lowest BCUT2D eigenvalue weighted by Crippen LogP contribution is -2.39. The first-order valence-electron chi connectivity index (χ1n) is 7.14. The van der Waals surface area contributed by atoms with Crippen molar-refractivity contribution in [1.82, 2.24) is 4.90 Å². The summed E-state index contributed by atoms with van der Waals surface area (Å²) < 4.78 is 4.86. The number of thioether (sulfide) groups is 1. The first-order valence-corrected chi connectivity index (χ1v) is 8.29. The quantitative estimate of drug-likeness (QED) is 0.837. The van der Waals surface area contributed by atoms with Crippen molar-refractivity contribution < 1.29 is 14.3 Å². The number of nitrogens with zero attached hydrogens (tertiary/aromatic N) is 1. The Morgan fingerprint density at radius 1 is 1.41 bits per heavy atom. The summed E-state index contributed by atoms with van der Waals surface area (Å²) in [6.07, 6.45) is 0. The molecule has 1 aromatic carbocycles. The highest BCUT2D eigenvalue weighted by Gasteiger charge is 2.19.